The molecule has 0 bridgehead atoms. The van der Waals surface area contributed by atoms with Gasteiger partial charge in [-0.25, -0.2) is 0 Å². The Bertz CT molecular complexity index is 333. The molecule has 2 rings (SSSR count). The lowest BCUT2D eigenvalue weighted by atomic mass is 9.92. The van der Waals surface area contributed by atoms with Gasteiger partial charge in [-0.1, -0.05) is 0 Å². The molecule has 0 aromatic carbocycles. The molecule has 1 unspecified atom stereocenters. The van der Waals surface area contributed by atoms with E-state index in [0.717, 1.165) is 18.2 Å². The molecule has 0 saturated carbocycles. The van der Waals surface area contributed by atoms with E-state index in [1.165, 1.54) is 32.4 Å². The van der Waals surface area contributed by atoms with Crippen molar-refractivity contribution < 1.29 is 0 Å². The SMILES string of the molecule is CNCCC1CCN(C(C)c2cnccn2)CC1. The van der Waals surface area contributed by atoms with Crippen LogP contribution >= 0.6 is 0 Å². The molecular formula is C14H24N4. The second kappa shape index (κ2) is 6.81. The van der Waals surface area contributed by atoms with Crippen LogP contribution in [0.4, 0.5) is 0 Å². The summed E-state index contributed by atoms with van der Waals surface area (Å²) in [7, 11) is 2.03. The predicted molar refractivity (Wildman–Crippen MR) is 73.3 cm³/mol. The summed E-state index contributed by atoms with van der Waals surface area (Å²) < 4.78 is 0. The first-order valence-electron chi connectivity index (χ1n) is 6.96. The van der Waals surface area contributed by atoms with Crippen molar-refractivity contribution >= 4 is 0 Å². The average molecular weight is 248 g/mol. The summed E-state index contributed by atoms with van der Waals surface area (Å²) in [4.78, 5) is 11.1. The Morgan fingerprint density at radius 1 is 1.39 bits per heavy atom. The zero-order valence-corrected chi connectivity index (χ0v) is 11.5. The molecule has 1 aliphatic heterocycles. The van der Waals surface area contributed by atoms with Crippen molar-refractivity contribution in [3.05, 3.63) is 24.3 Å². The molecule has 100 valence electrons. The standard InChI is InChI=1S/C14H24N4/c1-12(14-11-16-7-8-17-14)18-9-4-13(5-10-18)3-6-15-2/h7-8,11-13,15H,3-6,9-10H2,1-2H3. The Balaban J connectivity index is 1.82. The van der Waals surface area contributed by atoms with Crippen LogP contribution < -0.4 is 5.32 Å². The van der Waals surface area contributed by atoms with Gasteiger partial charge >= 0.3 is 0 Å². The van der Waals surface area contributed by atoms with Crippen molar-refractivity contribution in [1.29, 1.82) is 0 Å². The van der Waals surface area contributed by atoms with Crippen molar-refractivity contribution in [3.63, 3.8) is 0 Å². The van der Waals surface area contributed by atoms with Gasteiger partial charge in [0.2, 0.25) is 0 Å². The third-order valence-electron chi connectivity index (χ3n) is 4.01. The van der Waals surface area contributed by atoms with Gasteiger partial charge < -0.3 is 5.32 Å². The van der Waals surface area contributed by atoms with Gasteiger partial charge in [0.15, 0.2) is 0 Å². The Kier molecular flexibility index (Phi) is 5.08. The number of hydrogen-bond acceptors (Lipinski definition) is 4. The number of nitrogens with zero attached hydrogens (tertiary/aromatic N) is 3. The number of hydrogen-bond donors (Lipinski definition) is 1. The molecule has 0 amide bonds. The lowest BCUT2D eigenvalue weighted by Crippen LogP contribution is -2.36. The number of piperidine rings is 1. The van der Waals surface area contributed by atoms with E-state index < -0.39 is 0 Å². The second-order valence-electron chi connectivity index (χ2n) is 5.18. The summed E-state index contributed by atoms with van der Waals surface area (Å²) >= 11 is 0. The molecule has 2 heterocycles. The van der Waals surface area contributed by atoms with Crippen LogP contribution in [0, 0.1) is 5.92 Å². The molecular weight excluding hydrogens is 224 g/mol. The fourth-order valence-electron chi connectivity index (χ4n) is 2.69. The van der Waals surface area contributed by atoms with Gasteiger partial charge in [0.1, 0.15) is 0 Å². The molecule has 1 saturated heterocycles. The maximum absolute atomic E-state index is 4.41. The predicted octanol–water partition coefficient (Wildman–Crippen LogP) is 1.86. The minimum atomic E-state index is 0.393. The van der Waals surface area contributed by atoms with Crippen molar-refractivity contribution in [3.8, 4) is 0 Å². The highest BCUT2D eigenvalue weighted by Gasteiger charge is 2.23. The molecule has 18 heavy (non-hydrogen) atoms. The smallest absolute Gasteiger partial charge is 0.0755 e. The van der Waals surface area contributed by atoms with Crippen molar-refractivity contribution in [2.45, 2.75) is 32.2 Å². The van der Waals surface area contributed by atoms with E-state index in [1.54, 1.807) is 12.4 Å². The highest BCUT2D eigenvalue weighted by atomic mass is 15.2. The fraction of sp³-hybridized carbons (Fsp3) is 0.714. The highest BCUT2D eigenvalue weighted by molar-refractivity contribution is 5.01. The maximum Gasteiger partial charge on any atom is 0.0755 e. The quantitative estimate of drug-likeness (QED) is 0.863. The van der Waals surface area contributed by atoms with E-state index >= 15 is 0 Å². The first-order chi connectivity index (χ1) is 8.81. The van der Waals surface area contributed by atoms with Crippen molar-refractivity contribution in [1.82, 2.24) is 20.2 Å². The van der Waals surface area contributed by atoms with Gasteiger partial charge in [0.25, 0.3) is 0 Å². The molecule has 1 aromatic rings. The zero-order valence-electron chi connectivity index (χ0n) is 11.5. The molecule has 4 heteroatoms. The van der Waals surface area contributed by atoms with Crippen LogP contribution in [0.15, 0.2) is 18.6 Å². The summed E-state index contributed by atoms with van der Waals surface area (Å²) in [5.74, 6) is 0.891. The Labute approximate surface area is 110 Å². The van der Waals surface area contributed by atoms with E-state index in [1.807, 2.05) is 13.2 Å². The highest BCUT2D eigenvalue weighted by Crippen LogP contribution is 2.26. The first-order valence-corrected chi connectivity index (χ1v) is 6.96. The summed E-state index contributed by atoms with van der Waals surface area (Å²) in [6.07, 6.45) is 9.34. The minimum Gasteiger partial charge on any atom is -0.320 e. The van der Waals surface area contributed by atoms with Gasteiger partial charge in [-0.3, -0.25) is 14.9 Å². The largest absolute Gasteiger partial charge is 0.320 e. The van der Waals surface area contributed by atoms with Gasteiger partial charge in [0, 0.05) is 18.6 Å². The van der Waals surface area contributed by atoms with Crippen molar-refractivity contribution in [2.24, 2.45) is 5.92 Å². The lowest BCUT2D eigenvalue weighted by Gasteiger charge is -2.35. The monoisotopic (exact) mass is 248 g/mol. The van der Waals surface area contributed by atoms with Crippen LogP contribution in [-0.4, -0.2) is 41.5 Å². The van der Waals surface area contributed by atoms with Crippen LogP contribution in [0.25, 0.3) is 0 Å². The summed E-state index contributed by atoms with van der Waals surface area (Å²) in [5, 5.41) is 3.24. The van der Waals surface area contributed by atoms with Crippen LogP contribution in [0.1, 0.15) is 37.9 Å². The molecule has 4 nitrogen and oxygen atoms in total. The number of rotatable bonds is 5. The molecule has 0 aliphatic carbocycles. The van der Waals surface area contributed by atoms with Crippen LogP contribution in [0.2, 0.25) is 0 Å². The first kappa shape index (κ1) is 13.4. The Hall–Kier alpha value is -1.00. The van der Waals surface area contributed by atoms with E-state index in [9.17, 15) is 0 Å². The molecule has 1 aliphatic rings. The van der Waals surface area contributed by atoms with Gasteiger partial charge in [-0.15, -0.1) is 0 Å². The third kappa shape index (κ3) is 3.50. The van der Waals surface area contributed by atoms with Gasteiger partial charge in [-0.2, -0.15) is 0 Å². The fourth-order valence-corrected chi connectivity index (χ4v) is 2.69. The molecule has 1 fully saturated rings. The lowest BCUT2D eigenvalue weighted by molar-refractivity contribution is 0.135. The Morgan fingerprint density at radius 3 is 2.78 bits per heavy atom. The summed E-state index contributed by atoms with van der Waals surface area (Å²) in [5.41, 5.74) is 1.09. The zero-order chi connectivity index (χ0) is 12.8. The molecule has 0 spiro atoms. The molecule has 1 N–H and O–H groups in total. The van der Waals surface area contributed by atoms with E-state index in [-0.39, 0.29) is 0 Å². The topological polar surface area (TPSA) is 41.0 Å². The third-order valence-corrected chi connectivity index (χ3v) is 4.01. The Morgan fingerprint density at radius 2 is 2.17 bits per heavy atom. The molecule has 0 radical (unpaired) electrons. The summed E-state index contributed by atoms with van der Waals surface area (Å²) in [6.45, 7) is 5.75. The second-order valence-corrected chi connectivity index (χ2v) is 5.18. The van der Waals surface area contributed by atoms with E-state index in [4.69, 9.17) is 0 Å². The van der Waals surface area contributed by atoms with Gasteiger partial charge in [-0.05, 0) is 58.8 Å². The van der Waals surface area contributed by atoms with Gasteiger partial charge in [0.05, 0.1) is 11.7 Å². The summed E-state index contributed by atoms with van der Waals surface area (Å²) in [6, 6.07) is 0.393. The number of nitrogens with one attached hydrogen (secondary N) is 1. The van der Waals surface area contributed by atoms with Crippen molar-refractivity contribution in [2.75, 3.05) is 26.7 Å². The van der Waals surface area contributed by atoms with E-state index in [0.29, 0.717) is 6.04 Å². The minimum absolute atomic E-state index is 0.393. The van der Waals surface area contributed by atoms with Crippen LogP contribution in [-0.2, 0) is 0 Å². The maximum atomic E-state index is 4.41. The van der Waals surface area contributed by atoms with E-state index in [2.05, 4.69) is 27.1 Å². The van der Waals surface area contributed by atoms with Crippen LogP contribution in [0.3, 0.4) is 0 Å². The molecule has 1 aromatic heterocycles. The average Bonchev–Trinajstić information content (AvgIpc) is 2.46. The number of aromatic nitrogens is 2. The normalized spacial score (nSPS) is 19.9. The van der Waals surface area contributed by atoms with Crippen LogP contribution in [0.5, 0.6) is 0 Å². The number of likely N-dealkylation sites (tertiary alicyclic amines) is 1. The molecule has 1 atom stereocenters.